The van der Waals surface area contributed by atoms with E-state index in [9.17, 15) is 4.79 Å². The van der Waals surface area contributed by atoms with Crippen LogP contribution < -0.4 is 10.6 Å². The van der Waals surface area contributed by atoms with Gasteiger partial charge in [0.25, 0.3) is 5.91 Å². The molecular formula is C22H29N3O. The van der Waals surface area contributed by atoms with Crippen LogP contribution in [0.25, 0.3) is 0 Å². The van der Waals surface area contributed by atoms with Crippen LogP contribution in [-0.2, 0) is 6.54 Å². The smallest absolute Gasteiger partial charge is 0.257 e. The van der Waals surface area contributed by atoms with Crippen molar-refractivity contribution in [2.24, 2.45) is 5.92 Å². The molecule has 0 aliphatic heterocycles. The maximum Gasteiger partial charge on any atom is 0.257 e. The van der Waals surface area contributed by atoms with E-state index in [1.54, 1.807) is 24.5 Å². The molecule has 0 spiro atoms. The Bertz CT molecular complexity index is 696. The molecule has 1 aromatic heterocycles. The summed E-state index contributed by atoms with van der Waals surface area (Å²) in [6, 6.07) is 12.0. The summed E-state index contributed by atoms with van der Waals surface area (Å²) >= 11 is 0. The third-order valence-corrected chi connectivity index (χ3v) is 5.24. The lowest BCUT2D eigenvalue weighted by Crippen LogP contribution is -2.29. The third-order valence-electron chi connectivity index (χ3n) is 5.24. The summed E-state index contributed by atoms with van der Waals surface area (Å²) in [5.41, 5.74) is 2.54. The Morgan fingerprint density at radius 2 is 1.96 bits per heavy atom. The molecule has 138 valence electrons. The number of aromatic nitrogens is 1. The molecule has 1 aliphatic rings. The number of benzene rings is 1. The molecule has 4 nitrogen and oxygen atoms in total. The summed E-state index contributed by atoms with van der Waals surface area (Å²) in [5, 5.41) is 6.65. The van der Waals surface area contributed by atoms with Crippen LogP contribution in [0.3, 0.4) is 0 Å². The second kappa shape index (κ2) is 9.48. The second-order valence-corrected chi connectivity index (χ2v) is 7.37. The standard InChI is InChI=1S/C22H29N3O/c1-17(14-18-8-3-2-4-9-18)24-16-19-10-5-6-12-21(19)25-22(26)20-11-7-13-23-15-20/h5-7,10-13,15,17-18,24H,2-4,8-9,14,16H2,1H3,(H,25,26)/t17-/m0/s1. The fraction of sp³-hybridized carbons (Fsp3) is 0.455. The maximum atomic E-state index is 12.4. The quantitative estimate of drug-likeness (QED) is 0.754. The molecule has 0 bridgehead atoms. The summed E-state index contributed by atoms with van der Waals surface area (Å²) < 4.78 is 0. The van der Waals surface area contributed by atoms with Crippen LogP contribution in [0, 0.1) is 5.92 Å². The highest BCUT2D eigenvalue weighted by molar-refractivity contribution is 6.04. The van der Waals surface area contributed by atoms with Crippen molar-refractivity contribution in [1.82, 2.24) is 10.3 Å². The number of hydrogen-bond acceptors (Lipinski definition) is 3. The Morgan fingerprint density at radius 1 is 1.15 bits per heavy atom. The minimum atomic E-state index is -0.124. The van der Waals surface area contributed by atoms with Crippen LogP contribution in [0.4, 0.5) is 5.69 Å². The monoisotopic (exact) mass is 351 g/mol. The lowest BCUT2D eigenvalue weighted by atomic mass is 9.85. The molecule has 0 unspecified atom stereocenters. The van der Waals surface area contributed by atoms with Crippen molar-refractivity contribution in [3.63, 3.8) is 0 Å². The number of rotatable bonds is 7. The Kier molecular flexibility index (Phi) is 6.78. The van der Waals surface area contributed by atoms with Gasteiger partial charge in [-0.2, -0.15) is 0 Å². The van der Waals surface area contributed by atoms with E-state index in [2.05, 4.69) is 28.6 Å². The van der Waals surface area contributed by atoms with Crippen molar-refractivity contribution in [3.8, 4) is 0 Å². The molecule has 2 N–H and O–H groups in total. The molecule has 0 radical (unpaired) electrons. The number of anilines is 1. The molecule has 1 saturated carbocycles. The van der Waals surface area contributed by atoms with Crippen molar-refractivity contribution in [1.29, 1.82) is 0 Å². The average Bonchev–Trinajstić information content (AvgIpc) is 2.69. The summed E-state index contributed by atoms with van der Waals surface area (Å²) in [6.45, 7) is 3.03. The van der Waals surface area contributed by atoms with E-state index in [4.69, 9.17) is 0 Å². The van der Waals surface area contributed by atoms with E-state index in [0.717, 1.165) is 23.7 Å². The van der Waals surface area contributed by atoms with Gasteiger partial charge in [0.1, 0.15) is 0 Å². The SMILES string of the molecule is C[C@@H](CC1CCCCC1)NCc1ccccc1NC(=O)c1cccnc1. The van der Waals surface area contributed by atoms with Crippen LogP contribution in [-0.4, -0.2) is 16.9 Å². The van der Waals surface area contributed by atoms with Crippen LogP contribution in [0.2, 0.25) is 0 Å². The molecule has 26 heavy (non-hydrogen) atoms. The number of carbonyl (C=O) groups excluding carboxylic acids is 1. The van der Waals surface area contributed by atoms with Gasteiger partial charge in [-0.15, -0.1) is 0 Å². The Hall–Kier alpha value is -2.20. The summed E-state index contributed by atoms with van der Waals surface area (Å²) in [4.78, 5) is 16.4. The zero-order valence-corrected chi connectivity index (χ0v) is 15.6. The normalized spacial score (nSPS) is 16.2. The van der Waals surface area contributed by atoms with Gasteiger partial charge in [0.05, 0.1) is 5.56 Å². The zero-order chi connectivity index (χ0) is 18.2. The van der Waals surface area contributed by atoms with Crippen LogP contribution in [0.15, 0.2) is 48.8 Å². The molecule has 4 heteroatoms. The highest BCUT2D eigenvalue weighted by Crippen LogP contribution is 2.27. The summed E-state index contributed by atoms with van der Waals surface area (Å²) in [6.07, 6.45) is 11.4. The largest absolute Gasteiger partial charge is 0.322 e. The van der Waals surface area contributed by atoms with E-state index in [1.165, 1.54) is 38.5 Å². The average molecular weight is 351 g/mol. The molecule has 2 aromatic rings. The Balaban J connectivity index is 1.55. The number of para-hydroxylation sites is 1. The number of nitrogens with zero attached hydrogens (tertiary/aromatic N) is 1. The van der Waals surface area contributed by atoms with Gasteiger partial charge in [0.2, 0.25) is 0 Å². The summed E-state index contributed by atoms with van der Waals surface area (Å²) in [7, 11) is 0. The van der Waals surface area contributed by atoms with Gasteiger partial charge < -0.3 is 10.6 Å². The Labute approximate surface area is 156 Å². The van der Waals surface area contributed by atoms with Gasteiger partial charge in [-0.3, -0.25) is 9.78 Å². The van der Waals surface area contributed by atoms with Gasteiger partial charge >= 0.3 is 0 Å². The number of amides is 1. The Morgan fingerprint density at radius 3 is 2.73 bits per heavy atom. The number of hydrogen-bond donors (Lipinski definition) is 2. The first-order valence-corrected chi connectivity index (χ1v) is 9.75. The first kappa shape index (κ1) is 18.6. The van der Waals surface area contributed by atoms with E-state index >= 15 is 0 Å². The number of pyridine rings is 1. The molecule has 1 amide bonds. The van der Waals surface area contributed by atoms with Gasteiger partial charge in [0, 0.05) is 30.7 Å². The highest BCUT2D eigenvalue weighted by Gasteiger charge is 2.16. The van der Waals surface area contributed by atoms with Crippen LogP contribution in [0.1, 0.15) is 61.4 Å². The van der Waals surface area contributed by atoms with Gasteiger partial charge in [0.15, 0.2) is 0 Å². The predicted octanol–water partition coefficient (Wildman–Crippen LogP) is 4.78. The zero-order valence-electron chi connectivity index (χ0n) is 15.6. The minimum absolute atomic E-state index is 0.124. The van der Waals surface area contributed by atoms with Gasteiger partial charge in [-0.05, 0) is 43.0 Å². The summed E-state index contributed by atoms with van der Waals surface area (Å²) in [5.74, 6) is 0.743. The van der Waals surface area contributed by atoms with Crippen molar-refractivity contribution in [3.05, 3.63) is 59.9 Å². The first-order chi connectivity index (χ1) is 12.7. The van der Waals surface area contributed by atoms with E-state index in [1.807, 2.05) is 18.2 Å². The molecule has 1 aliphatic carbocycles. The molecule has 1 atom stereocenters. The van der Waals surface area contributed by atoms with Crippen molar-refractivity contribution < 1.29 is 4.79 Å². The molecule has 1 heterocycles. The van der Waals surface area contributed by atoms with Crippen molar-refractivity contribution in [2.45, 2.75) is 58.0 Å². The molecule has 0 saturated heterocycles. The van der Waals surface area contributed by atoms with Crippen molar-refractivity contribution in [2.75, 3.05) is 5.32 Å². The van der Waals surface area contributed by atoms with Crippen LogP contribution >= 0.6 is 0 Å². The number of carbonyl (C=O) groups is 1. The van der Waals surface area contributed by atoms with Gasteiger partial charge in [-0.25, -0.2) is 0 Å². The fourth-order valence-electron chi connectivity index (χ4n) is 3.78. The van der Waals surface area contributed by atoms with Gasteiger partial charge in [-0.1, -0.05) is 50.3 Å². The second-order valence-electron chi connectivity index (χ2n) is 7.37. The fourth-order valence-corrected chi connectivity index (χ4v) is 3.78. The molecule has 3 rings (SSSR count). The van der Waals surface area contributed by atoms with Crippen molar-refractivity contribution >= 4 is 11.6 Å². The molecule has 1 aromatic carbocycles. The van der Waals surface area contributed by atoms with E-state index in [-0.39, 0.29) is 5.91 Å². The first-order valence-electron chi connectivity index (χ1n) is 9.75. The topological polar surface area (TPSA) is 54.0 Å². The van der Waals surface area contributed by atoms with E-state index in [0.29, 0.717) is 11.6 Å². The maximum absolute atomic E-state index is 12.4. The third kappa shape index (κ3) is 5.40. The lowest BCUT2D eigenvalue weighted by Gasteiger charge is -2.25. The number of nitrogens with one attached hydrogen (secondary N) is 2. The molecule has 1 fully saturated rings. The van der Waals surface area contributed by atoms with E-state index < -0.39 is 0 Å². The minimum Gasteiger partial charge on any atom is -0.322 e. The molecular weight excluding hydrogens is 322 g/mol. The predicted molar refractivity (Wildman–Crippen MR) is 106 cm³/mol. The highest BCUT2D eigenvalue weighted by atomic mass is 16.1. The lowest BCUT2D eigenvalue weighted by molar-refractivity contribution is 0.102. The van der Waals surface area contributed by atoms with Crippen LogP contribution in [0.5, 0.6) is 0 Å².